The molecule has 1 fully saturated rings. The molecule has 1 saturated carbocycles. The van der Waals surface area contributed by atoms with Gasteiger partial charge < -0.3 is 15.0 Å². The fraction of sp³-hybridized carbons (Fsp3) is 0.591. The number of hydrogen-bond acceptors (Lipinski definition) is 4. The number of carbonyl (C=O) groups is 3. The molecular weight excluding hydrogens is 356 g/mol. The molecule has 0 radical (unpaired) electrons. The number of benzene rings is 1. The predicted molar refractivity (Wildman–Crippen MR) is 106 cm³/mol. The van der Waals surface area contributed by atoms with E-state index in [-0.39, 0.29) is 30.7 Å². The summed E-state index contributed by atoms with van der Waals surface area (Å²) in [7, 11) is 1.34. The molecule has 1 N–H and O–H groups in total. The van der Waals surface area contributed by atoms with Gasteiger partial charge in [-0.2, -0.15) is 0 Å². The van der Waals surface area contributed by atoms with Crippen LogP contribution >= 0.6 is 0 Å². The zero-order valence-electron chi connectivity index (χ0n) is 17.0. The third-order valence-electron chi connectivity index (χ3n) is 5.96. The summed E-state index contributed by atoms with van der Waals surface area (Å²) in [5, 5.41) is 2.92. The monoisotopic (exact) mass is 386 g/mol. The van der Waals surface area contributed by atoms with Gasteiger partial charge in [0.25, 0.3) is 5.91 Å². The Morgan fingerprint density at radius 3 is 2.57 bits per heavy atom. The van der Waals surface area contributed by atoms with E-state index in [0.29, 0.717) is 18.0 Å². The number of nitrogens with one attached hydrogen (secondary N) is 1. The number of carbonyl (C=O) groups excluding carboxylic acids is 3. The quantitative estimate of drug-likeness (QED) is 0.763. The number of nitrogens with zero attached hydrogens (tertiary/aromatic N) is 1. The van der Waals surface area contributed by atoms with Crippen molar-refractivity contribution in [3.05, 3.63) is 35.4 Å². The number of ether oxygens (including phenoxy) is 1. The van der Waals surface area contributed by atoms with Gasteiger partial charge in [-0.05, 0) is 30.4 Å². The zero-order chi connectivity index (χ0) is 20.3. The molecule has 28 heavy (non-hydrogen) atoms. The summed E-state index contributed by atoms with van der Waals surface area (Å²) in [6.45, 7) is 5.07. The maximum atomic E-state index is 13.4. The largest absolute Gasteiger partial charge is 0.469 e. The summed E-state index contributed by atoms with van der Waals surface area (Å²) in [6.07, 6.45) is 3.81. The SMILES string of the molecule is COC(=O)CCNC(=O)C1c2ccccc2C(=O)N(CC(C)C)C12CCCC2. The lowest BCUT2D eigenvalue weighted by Gasteiger charge is -2.50. The van der Waals surface area contributed by atoms with E-state index in [2.05, 4.69) is 23.9 Å². The summed E-state index contributed by atoms with van der Waals surface area (Å²) in [5.41, 5.74) is 0.948. The molecule has 2 amide bonds. The first-order valence-corrected chi connectivity index (χ1v) is 10.2. The van der Waals surface area contributed by atoms with Crippen LogP contribution in [0.1, 0.15) is 67.8 Å². The van der Waals surface area contributed by atoms with Crippen molar-refractivity contribution in [2.45, 2.75) is 57.4 Å². The molecule has 1 aliphatic heterocycles. The average molecular weight is 386 g/mol. The molecule has 1 aromatic carbocycles. The van der Waals surface area contributed by atoms with Crippen LogP contribution in [0.3, 0.4) is 0 Å². The van der Waals surface area contributed by atoms with Crippen LogP contribution in [-0.4, -0.2) is 48.4 Å². The molecule has 152 valence electrons. The summed E-state index contributed by atoms with van der Waals surface area (Å²) >= 11 is 0. The van der Waals surface area contributed by atoms with E-state index < -0.39 is 11.5 Å². The Kier molecular flexibility index (Phi) is 6.06. The first kappa shape index (κ1) is 20.4. The van der Waals surface area contributed by atoms with E-state index in [1.807, 2.05) is 29.2 Å². The van der Waals surface area contributed by atoms with E-state index in [0.717, 1.165) is 31.2 Å². The van der Waals surface area contributed by atoms with Crippen LogP contribution in [0.5, 0.6) is 0 Å². The lowest BCUT2D eigenvalue weighted by atomic mass is 9.70. The van der Waals surface area contributed by atoms with Crippen LogP contribution < -0.4 is 5.32 Å². The van der Waals surface area contributed by atoms with Crippen LogP contribution in [0.15, 0.2) is 24.3 Å². The van der Waals surface area contributed by atoms with Gasteiger partial charge >= 0.3 is 5.97 Å². The first-order chi connectivity index (χ1) is 13.4. The number of esters is 1. The van der Waals surface area contributed by atoms with Gasteiger partial charge in [0.1, 0.15) is 0 Å². The summed E-state index contributed by atoms with van der Waals surface area (Å²) < 4.78 is 4.66. The highest BCUT2D eigenvalue weighted by molar-refractivity contribution is 6.02. The third kappa shape index (κ3) is 3.64. The van der Waals surface area contributed by atoms with Gasteiger partial charge in [0, 0.05) is 18.7 Å². The fourth-order valence-corrected chi connectivity index (χ4v) is 4.79. The smallest absolute Gasteiger partial charge is 0.307 e. The molecule has 1 spiro atoms. The minimum Gasteiger partial charge on any atom is -0.469 e. The Morgan fingerprint density at radius 2 is 1.93 bits per heavy atom. The average Bonchev–Trinajstić information content (AvgIpc) is 3.15. The van der Waals surface area contributed by atoms with Gasteiger partial charge in [-0.25, -0.2) is 0 Å². The molecule has 1 aromatic rings. The summed E-state index contributed by atoms with van der Waals surface area (Å²) in [5.74, 6) is -0.532. The van der Waals surface area contributed by atoms with Crippen LogP contribution in [0.2, 0.25) is 0 Å². The van der Waals surface area contributed by atoms with Gasteiger partial charge in [-0.3, -0.25) is 14.4 Å². The Morgan fingerprint density at radius 1 is 1.25 bits per heavy atom. The second kappa shape index (κ2) is 8.33. The number of amides is 2. The highest BCUT2D eigenvalue weighted by Crippen LogP contribution is 2.50. The normalized spacial score (nSPS) is 20.4. The third-order valence-corrected chi connectivity index (χ3v) is 5.96. The molecule has 0 bridgehead atoms. The Balaban J connectivity index is 1.98. The topological polar surface area (TPSA) is 75.7 Å². The lowest BCUT2D eigenvalue weighted by molar-refractivity contribution is -0.140. The highest BCUT2D eigenvalue weighted by atomic mass is 16.5. The van der Waals surface area contributed by atoms with Gasteiger partial charge in [-0.15, -0.1) is 0 Å². The minimum absolute atomic E-state index is 0.0322. The van der Waals surface area contributed by atoms with Crippen molar-refractivity contribution in [2.75, 3.05) is 20.2 Å². The summed E-state index contributed by atoms with van der Waals surface area (Å²) in [4.78, 5) is 40.1. The molecule has 1 heterocycles. The van der Waals surface area contributed by atoms with Crippen molar-refractivity contribution < 1.29 is 19.1 Å². The van der Waals surface area contributed by atoms with Crippen molar-refractivity contribution in [1.82, 2.24) is 10.2 Å². The fourth-order valence-electron chi connectivity index (χ4n) is 4.79. The number of rotatable bonds is 6. The van der Waals surface area contributed by atoms with E-state index in [4.69, 9.17) is 0 Å². The van der Waals surface area contributed by atoms with E-state index in [1.165, 1.54) is 7.11 Å². The molecule has 2 aliphatic rings. The Labute approximate surface area is 166 Å². The van der Waals surface area contributed by atoms with Gasteiger partial charge in [0.05, 0.1) is 25.0 Å². The van der Waals surface area contributed by atoms with Gasteiger partial charge in [0.15, 0.2) is 0 Å². The first-order valence-electron chi connectivity index (χ1n) is 10.2. The van der Waals surface area contributed by atoms with Crippen molar-refractivity contribution in [3.8, 4) is 0 Å². The Hall–Kier alpha value is -2.37. The van der Waals surface area contributed by atoms with Crippen molar-refractivity contribution >= 4 is 17.8 Å². The van der Waals surface area contributed by atoms with Crippen molar-refractivity contribution in [1.29, 1.82) is 0 Å². The van der Waals surface area contributed by atoms with Crippen LogP contribution in [0.25, 0.3) is 0 Å². The van der Waals surface area contributed by atoms with E-state index in [1.54, 1.807) is 0 Å². The highest BCUT2D eigenvalue weighted by Gasteiger charge is 2.55. The second-order valence-corrected chi connectivity index (χ2v) is 8.26. The lowest BCUT2D eigenvalue weighted by Crippen LogP contribution is -2.61. The molecule has 1 unspecified atom stereocenters. The van der Waals surface area contributed by atoms with Crippen LogP contribution in [0, 0.1) is 5.92 Å². The van der Waals surface area contributed by atoms with Crippen molar-refractivity contribution in [3.63, 3.8) is 0 Å². The molecule has 3 rings (SSSR count). The van der Waals surface area contributed by atoms with Gasteiger partial charge in [-0.1, -0.05) is 44.9 Å². The van der Waals surface area contributed by atoms with Crippen LogP contribution in [-0.2, 0) is 14.3 Å². The molecular formula is C22H30N2O4. The van der Waals surface area contributed by atoms with Gasteiger partial charge in [0.2, 0.25) is 5.91 Å². The van der Waals surface area contributed by atoms with E-state index in [9.17, 15) is 14.4 Å². The summed E-state index contributed by atoms with van der Waals surface area (Å²) in [6, 6.07) is 7.47. The molecule has 1 aliphatic carbocycles. The molecule has 6 heteroatoms. The number of methoxy groups -OCH3 is 1. The molecule has 0 saturated heterocycles. The van der Waals surface area contributed by atoms with Crippen LogP contribution in [0.4, 0.5) is 0 Å². The predicted octanol–water partition coefficient (Wildman–Crippen LogP) is 2.87. The minimum atomic E-state index is -0.481. The molecule has 1 atom stereocenters. The zero-order valence-corrected chi connectivity index (χ0v) is 17.0. The second-order valence-electron chi connectivity index (χ2n) is 8.26. The number of hydrogen-bond donors (Lipinski definition) is 1. The Bertz CT molecular complexity index is 753. The maximum Gasteiger partial charge on any atom is 0.307 e. The number of fused-ring (bicyclic) bond motifs is 1. The maximum absolute atomic E-state index is 13.4. The standard InChI is InChI=1S/C22H30N2O4/c1-15(2)14-24-21(27)17-9-5-4-8-16(17)19(22(24)11-6-7-12-22)20(26)23-13-10-18(25)28-3/h4-5,8-9,15,19H,6-7,10-14H2,1-3H3,(H,23,26). The molecule has 0 aromatic heterocycles. The molecule has 6 nitrogen and oxygen atoms in total. The van der Waals surface area contributed by atoms with E-state index >= 15 is 0 Å². The van der Waals surface area contributed by atoms with Crippen molar-refractivity contribution in [2.24, 2.45) is 5.92 Å².